The number of amides is 17. The smallest absolute Gasteiger partial charge is 0.246 e. The largest absolute Gasteiger partial charge is 0.508 e. The summed E-state index contributed by atoms with van der Waals surface area (Å²) < 4.78 is 0. The van der Waals surface area contributed by atoms with E-state index in [1.54, 1.807) is 74.8 Å². The topological polar surface area (TPSA) is 659 Å². The molecule has 0 bridgehead atoms. The molecule has 2 saturated heterocycles. The number of fused-ring (bicyclic) bond motifs is 4. The van der Waals surface area contributed by atoms with Gasteiger partial charge in [-0.05, 0) is 111 Å². The number of likely N-dealkylation sites (N-methyl/N-ethyl adjacent to an activating group) is 3. The highest BCUT2D eigenvalue weighted by Crippen LogP contribution is 2.28. The minimum absolute atomic E-state index is 0.0152. The van der Waals surface area contributed by atoms with Crippen molar-refractivity contribution in [2.45, 2.75) is 234 Å². The molecule has 5 heterocycles. The molecule has 2 fully saturated rings. The number of rotatable bonds is 25. The van der Waals surface area contributed by atoms with E-state index >= 15 is 33.6 Å². The van der Waals surface area contributed by atoms with E-state index in [-0.39, 0.29) is 89.0 Å². The molecule has 718 valence electrons. The summed E-state index contributed by atoms with van der Waals surface area (Å²) in [5.74, 6) is -17.5. The summed E-state index contributed by atoms with van der Waals surface area (Å²) in [6, 6.07) is -2.51. The number of hydrogen-bond donors (Lipinski definition) is 21. The van der Waals surface area contributed by atoms with Crippen LogP contribution in [-0.4, -0.2) is 307 Å². The average molecular weight is 1840 g/mol. The lowest BCUT2D eigenvalue weighted by molar-refractivity contribution is -0.149. The lowest BCUT2D eigenvalue weighted by Crippen LogP contribution is -2.62. The fourth-order valence-corrected chi connectivity index (χ4v) is 16.3. The summed E-state index contributed by atoms with van der Waals surface area (Å²) in [6.07, 6.45) is 2.68. The monoisotopic (exact) mass is 1840 g/mol. The maximum atomic E-state index is 15.7. The average Bonchev–Trinajstić information content (AvgIpc) is 1.60. The molecule has 0 spiro atoms. The van der Waals surface area contributed by atoms with Gasteiger partial charge in [0.2, 0.25) is 100 Å². The van der Waals surface area contributed by atoms with Crippen molar-refractivity contribution in [2.24, 2.45) is 28.9 Å². The van der Waals surface area contributed by atoms with E-state index in [1.807, 2.05) is 13.8 Å². The van der Waals surface area contributed by atoms with Gasteiger partial charge in [-0.1, -0.05) is 108 Å². The first-order valence-electron chi connectivity index (χ1n) is 44.4. The van der Waals surface area contributed by atoms with Crippen LogP contribution in [0.2, 0.25) is 0 Å². The Morgan fingerprint density at radius 1 is 0.538 bits per heavy atom. The number of guanidine groups is 1. The van der Waals surface area contributed by atoms with E-state index < -0.39 is 243 Å². The van der Waals surface area contributed by atoms with Crippen LogP contribution >= 0.6 is 0 Å². The molecule has 132 heavy (non-hydrogen) atoms. The van der Waals surface area contributed by atoms with Crippen LogP contribution in [0.3, 0.4) is 0 Å². The van der Waals surface area contributed by atoms with Crippen LogP contribution in [0.4, 0.5) is 0 Å². The number of phenols is 1. The van der Waals surface area contributed by atoms with Gasteiger partial charge in [0.1, 0.15) is 90.3 Å². The van der Waals surface area contributed by atoms with Crippen molar-refractivity contribution in [3.63, 3.8) is 0 Å². The Labute approximate surface area is 763 Å². The molecule has 0 radical (unpaired) electrons. The first kappa shape index (κ1) is 104. The van der Waals surface area contributed by atoms with Crippen LogP contribution in [0.25, 0.3) is 21.8 Å². The summed E-state index contributed by atoms with van der Waals surface area (Å²) in [4.78, 5) is 260. The highest BCUT2D eigenvalue weighted by atomic mass is 16.3. The lowest BCUT2D eigenvalue weighted by atomic mass is 10.00. The third-order valence-electron chi connectivity index (χ3n) is 23.7. The quantitative estimate of drug-likeness (QED) is 0.0152. The second-order valence-electron chi connectivity index (χ2n) is 34.0. The predicted molar refractivity (Wildman–Crippen MR) is 483 cm³/mol. The summed E-state index contributed by atoms with van der Waals surface area (Å²) in [5.41, 5.74) is 25.5. The number of aliphatic hydroxyl groups is 2. The zero-order chi connectivity index (χ0) is 96.9. The standard InChI is InChI=1S/C89H127N23O20/c1-9-11-26-68-81(125)101-60(25-18-34-95-89(93)94)77(121)100-59(76(120)98-45-73(92)117)24-17-29-74(118)99-63(37-50-30-32-53(114)33-31-50)84(128)108(6)49(5)75(119)103-65(41-72(91)116)86(130)111-35-19-28-69(111)82(126)106-66(42-90)79(123)104-62(36-48(3)4)87(131)112-46-54(115)40-71(112)83(127)102-61(38-51-43-96-57-22-15-13-20-55(51)57)78(122)107-67(47-113)80(124)105-64(39-52-44-97-58-23-16-14-21-56(52)58)85(129)110(8)70(27-12-10-2)88(132)109(68)7/h13-17,20-23,29-33,43-44,48-49,54,59-71,96-97,113-115H,9-12,18-19,24-28,34-42,45-47,90H2,1-8H3,(H2,91,116)(H2,92,117)(H,98,120)(H,99,118)(H,100,121)(H,101,125)(H,102,127)(H,103,119)(H,104,123)(H,105,124)(H,106,126)(H,107,122)(H4,93,94,95)/t49-,54+,59-,60?,61-,62-,63-,64?,65-,66-,67-,68-,69-,70-,71?/m0/s1. The molecule has 3 unspecified atom stereocenters. The minimum atomic E-state index is -1.89. The number of para-hydroxylation sites is 2. The van der Waals surface area contributed by atoms with Crippen LogP contribution in [-0.2, 0) is 101 Å². The number of aromatic amines is 2. The Balaban J connectivity index is 1.20. The maximum Gasteiger partial charge on any atom is 0.246 e. The zero-order valence-electron chi connectivity index (χ0n) is 75.6. The van der Waals surface area contributed by atoms with Gasteiger partial charge in [-0.25, -0.2) is 0 Å². The van der Waals surface area contributed by atoms with Crippen molar-refractivity contribution < 1.29 is 96.8 Å². The molecule has 43 nitrogen and oxygen atoms in total. The molecule has 3 aliphatic rings. The Morgan fingerprint density at radius 3 is 1.66 bits per heavy atom. The number of carbonyl (C=O) groups excluding carboxylic acids is 17. The number of unbranched alkanes of at least 4 members (excludes halogenated alkanes) is 2. The Morgan fingerprint density at radius 2 is 1.06 bits per heavy atom. The number of benzene rings is 3. The Bertz CT molecular complexity index is 5000. The second kappa shape index (κ2) is 49.4. The predicted octanol–water partition coefficient (Wildman–Crippen LogP) is -3.72. The summed E-state index contributed by atoms with van der Waals surface area (Å²) >= 11 is 0. The van der Waals surface area contributed by atoms with Crippen molar-refractivity contribution in [2.75, 3.05) is 60.5 Å². The molecule has 25 N–H and O–H groups in total. The third kappa shape index (κ3) is 28.7. The molecule has 5 aromatic rings. The van der Waals surface area contributed by atoms with Crippen LogP contribution in [0.15, 0.2) is 97.3 Å². The molecular formula is C89H127N23O20. The number of hydrogen-bond acceptors (Lipinski definition) is 22. The molecular weight excluding hydrogens is 1710 g/mol. The van der Waals surface area contributed by atoms with Crippen molar-refractivity contribution in [1.82, 2.24) is 93.0 Å². The molecule has 8 rings (SSSR count). The van der Waals surface area contributed by atoms with Gasteiger partial charge >= 0.3 is 0 Å². The number of aromatic hydroxyl groups is 1. The molecule has 17 amide bonds. The van der Waals surface area contributed by atoms with E-state index in [9.17, 15) is 63.3 Å². The number of nitrogens with zero attached hydrogens (tertiary/aromatic N) is 5. The molecule has 3 aromatic carbocycles. The Hall–Kier alpha value is -13.6. The Kier molecular flexibility index (Phi) is 38.9. The van der Waals surface area contributed by atoms with E-state index in [4.69, 9.17) is 28.3 Å². The first-order valence-corrected chi connectivity index (χ1v) is 44.4. The molecule has 0 aliphatic carbocycles. The van der Waals surface area contributed by atoms with Gasteiger partial charge in [0.25, 0.3) is 0 Å². The van der Waals surface area contributed by atoms with E-state index in [2.05, 4.69) is 68.5 Å². The zero-order valence-corrected chi connectivity index (χ0v) is 75.6. The summed E-state index contributed by atoms with van der Waals surface area (Å²) in [6.45, 7) is 5.33. The normalized spacial score (nSPS) is 24.9. The fourth-order valence-electron chi connectivity index (χ4n) is 16.3. The van der Waals surface area contributed by atoms with Gasteiger partial charge < -0.3 is 131 Å². The molecule has 2 aromatic heterocycles. The number of carbonyl (C=O) groups is 17. The van der Waals surface area contributed by atoms with Gasteiger partial charge in [-0.2, -0.15) is 0 Å². The lowest BCUT2D eigenvalue weighted by Gasteiger charge is -2.36. The number of H-pyrrole nitrogens is 2. The number of nitrogens with one attached hydrogen (secondary N) is 14. The van der Waals surface area contributed by atoms with Crippen molar-refractivity contribution in [3.05, 3.63) is 114 Å². The van der Waals surface area contributed by atoms with Crippen molar-refractivity contribution in [3.8, 4) is 5.75 Å². The number of aliphatic hydroxyl groups excluding tert-OH is 2. The van der Waals surface area contributed by atoms with Gasteiger partial charge in [0.05, 0.1) is 25.7 Å². The van der Waals surface area contributed by atoms with Crippen LogP contribution in [0.5, 0.6) is 5.75 Å². The number of nitrogens with two attached hydrogens (primary N) is 4. The molecule has 3 aliphatic heterocycles. The van der Waals surface area contributed by atoms with Crippen LogP contribution in [0.1, 0.15) is 141 Å². The highest BCUT2D eigenvalue weighted by molar-refractivity contribution is 6.03. The molecule has 43 heteroatoms. The van der Waals surface area contributed by atoms with E-state index in [0.717, 1.165) is 36.7 Å². The summed E-state index contributed by atoms with van der Waals surface area (Å²) in [7, 11) is 3.87. The molecule has 0 saturated carbocycles. The van der Waals surface area contributed by atoms with Gasteiger partial charge in [0.15, 0.2) is 5.96 Å². The number of phenolic OH excluding ortho intramolecular Hbond substituents is 1. The number of aromatic nitrogens is 2. The minimum Gasteiger partial charge on any atom is -0.508 e. The van der Waals surface area contributed by atoms with Gasteiger partial charge in [-0.3, -0.25) is 86.9 Å². The van der Waals surface area contributed by atoms with Crippen LogP contribution < -0.4 is 81.4 Å². The van der Waals surface area contributed by atoms with Gasteiger partial charge in [0, 0.05) is 107 Å². The SMILES string of the molecule is CCCC[C@H]1C(=O)N(C)[C@@H](CCCC)C(=O)NC(CCCNC(=N)N)C(=O)N[C@H](C(=O)NCC(N)=O)CC=CC(=O)N[C@@H](Cc2ccc(O)cc2)C(=O)N(C)[C@@H](C)C(=O)N[C@@H](CC(N)=O)C(=O)N2CCC[C@H]2C(=O)N[C@@H](CN)C(=O)N[C@@H](CC(C)C)C(=O)N2C[C@H](O)CC2C(=O)N[C@@H](Cc2c[nH]c3ccccc23)C(=O)N[C@@H](CO)C(=O)NC(Cc2c[nH]c3ccccc23)C(=O)N1C. The van der Waals surface area contributed by atoms with E-state index in [1.165, 1.54) is 52.3 Å². The third-order valence-corrected chi connectivity index (χ3v) is 23.7. The van der Waals surface area contributed by atoms with Gasteiger partial charge in [-0.15, -0.1) is 0 Å². The van der Waals surface area contributed by atoms with Crippen molar-refractivity contribution >= 4 is 128 Å². The maximum absolute atomic E-state index is 15.7. The van der Waals surface area contributed by atoms with Crippen LogP contribution in [0, 0.1) is 11.3 Å². The summed E-state index contributed by atoms with van der Waals surface area (Å²) in [5, 5.41) is 70.4. The molecule has 15 atom stereocenters. The number of primary amides is 2. The van der Waals surface area contributed by atoms with Crippen molar-refractivity contribution in [1.29, 1.82) is 5.41 Å². The first-order chi connectivity index (χ1) is 62.8. The fraction of sp³-hybridized carbons (Fsp3) is 0.528. The highest BCUT2D eigenvalue weighted by Gasteiger charge is 2.47. The second-order valence-corrected chi connectivity index (χ2v) is 34.0. The van der Waals surface area contributed by atoms with E-state index in [0.29, 0.717) is 64.2 Å².